The van der Waals surface area contributed by atoms with Crippen molar-refractivity contribution < 1.29 is 5.11 Å². The van der Waals surface area contributed by atoms with Crippen molar-refractivity contribution in [1.82, 2.24) is 0 Å². The summed E-state index contributed by atoms with van der Waals surface area (Å²) in [5.74, 6) is -0.493. The Morgan fingerprint density at radius 3 is 2.29 bits per heavy atom. The molecule has 0 bridgehead atoms. The van der Waals surface area contributed by atoms with Gasteiger partial charge in [0.1, 0.15) is 0 Å². The lowest BCUT2D eigenvalue weighted by molar-refractivity contribution is 0.465. The SMILES string of the molecule is Nc1ccccc1-c1c(O)c(=O)c1=O. The minimum atomic E-state index is -0.844. The van der Waals surface area contributed by atoms with E-state index in [0.29, 0.717) is 11.3 Å². The second kappa shape index (κ2) is 2.70. The fourth-order valence-corrected chi connectivity index (χ4v) is 1.35. The van der Waals surface area contributed by atoms with Gasteiger partial charge in [0.2, 0.25) is 5.43 Å². The second-order valence-corrected chi connectivity index (χ2v) is 2.97. The quantitative estimate of drug-likeness (QED) is 0.497. The lowest BCUT2D eigenvalue weighted by Gasteiger charge is -2.07. The topological polar surface area (TPSA) is 80.4 Å². The Labute approximate surface area is 78.9 Å². The third kappa shape index (κ3) is 0.939. The third-order valence-electron chi connectivity index (χ3n) is 2.12. The van der Waals surface area contributed by atoms with Gasteiger partial charge in [0.15, 0.2) is 5.75 Å². The summed E-state index contributed by atoms with van der Waals surface area (Å²) in [6.07, 6.45) is 0. The van der Waals surface area contributed by atoms with Crippen molar-refractivity contribution in [3.63, 3.8) is 0 Å². The summed E-state index contributed by atoms with van der Waals surface area (Å²) in [5, 5.41) is 9.18. The van der Waals surface area contributed by atoms with Crippen LogP contribution in [-0.4, -0.2) is 5.11 Å². The van der Waals surface area contributed by atoms with E-state index in [1.807, 2.05) is 0 Å². The number of hydrogen-bond donors (Lipinski definition) is 2. The van der Waals surface area contributed by atoms with Crippen LogP contribution in [0.15, 0.2) is 33.9 Å². The molecule has 70 valence electrons. The maximum absolute atomic E-state index is 11.1. The van der Waals surface area contributed by atoms with Crippen LogP contribution in [0.25, 0.3) is 11.1 Å². The van der Waals surface area contributed by atoms with Crippen molar-refractivity contribution in [2.75, 3.05) is 5.73 Å². The van der Waals surface area contributed by atoms with Crippen LogP contribution in [0.2, 0.25) is 0 Å². The molecule has 0 spiro atoms. The van der Waals surface area contributed by atoms with Gasteiger partial charge in [-0.15, -0.1) is 0 Å². The summed E-state index contributed by atoms with van der Waals surface area (Å²) >= 11 is 0. The Bertz CT molecular complexity index is 565. The monoisotopic (exact) mass is 189 g/mol. The first-order valence-electron chi connectivity index (χ1n) is 4.00. The molecule has 4 nitrogen and oxygen atoms in total. The maximum Gasteiger partial charge on any atom is 0.268 e. The number of nitrogen functional groups attached to an aromatic ring is 1. The number of para-hydroxylation sites is 1. The maximum atomic E-state index is 11.1. The summed E-state index contributed by atoms with van der Waals surface area (Å²) < 4.78 is 0. The van der Waals surface area contributed by atoms with Crippen molar-refractivity contribution in [3.05, 3.63) is 44.7 Å². The first kappa shape index (κ1) is 8.50. The van der Waals surface area contributed by atoms with E-state index in [9.17, 15) is 14.7 Å². The molecule has 0 aromatic heterocycles. The van der Waals surface area contributed by atoms with Gasteiger partial charge in [-0.3, -0.25) is 9.59 Å². The molecule has 0 saturated heterocycles. The van der Waals surface area contributed by atoms with E-state index >= 15 is 0 Å². The summed E-state index contributed by atoms with van der Waals surface area (Å²) in [6, 6.07) is 6.58. The van der Waals surface area contributed by atoms with Gasteiger partial charge in [-0.1, -0.05) is 18.2 Å². The van der Waals surface area contributed by atoms with Gasteiger partial charge in [0.25, 0.3) is 5.43 Å². The van der Waals surface area contributed by atoms with Crippen molar-refractivity contribution >= 4 is 5.69 Å². The third-order valence-corrected chi connectivity index (χ3v) is 2.12. The average Bonchev–Trinajstić information content (AvgIpc) is 2.21. The van der Waals surface area contributed by atoms with E-state index in [4.69, 9.17) is 5.73 Å². The number of nitrogens with two attached hydrogens (primary N) is 1. The van der Waals surface area contributed by atoms with Gasteiger partial charge in [-0.25, -0.2) is 0 Å². The summed E-state index contributed by atoms with van der Waals surface area (Å²) in [6.45, 7) is 0. The highest BCUT2D eigenvalue weighted by atomic mass is 16.3. The molecule has 0 aliphatic heterocycles. The van der Waals surface area contributed by atoms with Crippen LogP contribution in [0.4, 0.5) is 5.69 Å². The second-order valence-electron chi connectivity index (χ2n) is 2.97. The zero-order chi connectivity index (χ0) is 10.3. The van der Waals surface area contributed by atoms with Crippen molar-refractivity contribution in [2.24, 2.45) is 0 Å². The fourth-order valence-electron chi connectivity index (χ4n) is 1.35. The Morgan fingerprint density at radius 2 is 1.71 bits per heavy atom. The normalized spacial score (nSPS) is 10.6. The molecular weight excluding hydrogens is 182 g/mol. The van der Waals surface area contributed by atoms with E-state index < -0.39 is 16.6 Å². The Kier molecular flexibility index (Phi) is 1.64. The highest BCUT2D eigenvalue weighted by Crippen LogP contribution is 2.28. The number of anilines is 1. The van der Waals surface area contributed by atoms with Crippen LogP contribution in [0.3, 0.4) is 0 Å². The van der Waals surface area contributed by atoms with Gasteiger partial charge in [0, 0.05) is 11.3 Å². The van der Waals surface area contributed by atoms with Gasteiger partial charge >= 0.3 is 0 Å². The summed E-state index contributed by atoms with van der Waals surface area (Å²) in [7, 11) is 0. The van der Waals surface area contributed by atoms with E-state index in [2.05, 4.69) is 0 Å². The van der Waals surface area contributed by atoms with Crippen LogP contribution in [0.5, 0.6) is 5.75 Å². The zero-order valence-corrected chi connectivity index (χ0v) is 7.15. The van der Waals surface area contributed by atoms with Crippen LogP contribution >= 0.6 is 0 Å². The van der Waals surface area contributed by atoms with Gasteiger partial charge < -0.3 is 10.8 Å². The first-order chi connectivity index (χ1) is 6.63. The van der Waals surface area contributed by atoms with E-state index in [-0.39, 0.29) is 5.56 Å². The molecule has 0 aliphatic carbocycles. The number of rotatable bonds is 1. The molecule has 2 rings (SSSR count). The zero-order valence-electron chi connectivity index (χ0n) is 7.15. The number of benzene rings is 1. The Morgan fingerprint density at radius 1 is 1.07 bits per heavy atom. The Hall–Kier alpha value is -2.10. The highest BCUT2D eigenvalue weighted by molar-refractivity contribution is 5.82. The first-order valence-corrected chi connectivity index (χ1v) is 4.00. The Balaban J connectivity index is 2.69. The summed E-state index contributed by atoms with van der Waals surface area (Å²) in [4.78, 5) is 21.9. The molecule has 14 heavy (non-hydrogen) atoms. The van der Waals surface area contributed by atoms with E-state index in [1.54, 1.807) is 24.3 Å². The standard InChI is InChI=1S/C10H7NO3/c11-6-4-2-1-3-5(6)7-8(12)10(14)9(7)13/h1-4,12H,11H2. The molecule has 2 aromatic rings. The molecule has 0 radical (unpaired) electrons. The van der Waals surface area contributed by atoms with E-state index in [1.165, 1.54) is 0 Å². The molecule has 0 aliphatic rings. The number of aromatic hydroxyl groups is 1. The van der Waals surface area contributed by atoms with Crippen LogP contribution in [0, 0.1) is 0 Å². The van der Waals surface area contributed by atoms with Gasteiger partial charge in [-0.2, -0.15) is 0 Å². The molecule has 4 heteroatoms. The highest BCUT2D eigenvalue weighted by Gasteiger charge is 2.22. The minimum absolute atomic E-state index is 0.0214. The molecule has 3 N–H and O–H groups in total. The van der Waals surface area contributed by atoms with E-state index in [0.717, 1.165) is 0 Å². The van der Waals surface area contributed by atoms with Gasteiger partial charge in [0.05, 0.1) is 5.56 Å². The van der Waals surface area contributed by atoms with Gasteiger partial charge in [-0.05, 0) is 6.07 Å². The number of hydrogen-bond acceptors (Lipinski definition) is 4. The predicted molar refractivity (Wildman–Crippen MR) is 52.9 cm³/mol. The largest absolute Gasteiger partial charge is 0.503 e. The van der Waals surface area contributed by atoms with Crippen molar-refractivity contribution in [1.29, 1.82) is 0 Å². The fraction of sp³-hybridized carbons (Fsp3) is 0. The molecule has 0 amide bonds. The average molecular weight is 189 g/mol. The molecule has 0 heterocycles. The lowest BCUT2D eigenvalue weighted by Crippen LogP contribution is -2.32. The molecule has 2 aromatic carbocycles. The predicted octanol–water partition coefficient (Wildman–Crippen LogP) is 0.237. The lowest BCUT2D eigenvalue weighted by atomic mass is 9.99. The molecular formula is C10H7NO3. The van der Waals surface area contributed by atoms with Crippen LogP contribution in [0.1, 0.15) is 0 Å². The smallest absolute Gasteiger partial charge is 0.268 e. The van der Waals surface area contributed by atoms with Crippen molar-refractivity contribution in [3.8, 4) is 16.9 Å². The van der Waals surface area contributed by atoms with Crippen LogP contribution in [-0.2, 0) is 0 Å². The van der Waals surface area contributed by atoms with Crippen LogP contribution < -0.4 is 16.6 Å². The summed E-state index contributed by atoms with van der Waals surface area (Å²) in [5.41, 5.74) is 4.87. The molecule has 0 saturated carbocycles. The molecule has 0 unspecified atom stereocenters. The molecule has 0 atom stereocenters. The minimum Gasteiger partial charge on any atom is -0.503 e. The molecule has 0 fully saturated rings. The van der Waals surface area contributed by atoms with Crippen molar-refractivity contribution in [2.45, 2.75) is 0 Å².